The average molecular weight is 452 g/mol. The summed E-state index contributed by atoms with van der Waals surface area (Å²) in [6, 6.07) is 5.67. The molecule has 0 radical (unpaired) electrons. The van der Waals surface area contributed by atoms with Crippen molar-refractivity contribution in [3.63, 3.8) is 0 Å². The van der Waals surface area contributed by atoms with Gasteiger partial charge in [0.05, 0.1) is 30.2 Å². The van der Waals surface area contributed by atoms with Gasteiger partial charge in [-0.15, -0.1) is 0 Å². The van der Waals surface area contributed by atoms with E-state index in [0.29, 0.717) is 9.64 Å². The van der Waals surface area contributed by atoms with Gasteiger partial charge in [0.25, 0.3) is 5.91 Å². The number of aliphatic hydroxyl groups is 1. The quantitative estimate of drug-likeness (QED) is 0.358. The fraction of sp³-hybridized carbons (Fsp3) is 0.133. The summed E-state index contributed by atoms with van der Waals surface area (Å²) in [5.74, 6) is -3.93. The van der Waals surface area contributed by atoms with Crippen LogP contribution in [0.3, 0.4) is 0 Å². The summed E-state index contributed by atoms with van der Waals surface area (Å²) in [5.41, 5.74) is 1.54. The molecule has 0 unspecified atom stereocenters. The number of hydrogen-bond donors (Lipinski definition) is 3. The molecule has 2 aromatic rings. The number of halogens is 4. The van der Waals surface area contributed by atoms with E-state index in [1.807, 2.05) is 28.1 Å². The van der Waals surface area contributed by atoms with E-state index in [4.69, 9.17) is 5.11 Å². The molecule has 1 amide bonds. The standard InChI is InChI=1S/C15H12F3IN2O3/c16-10-6-9(15(23)21-24-4-3-22)14(7-11(10)17)20-13-2-1-8(19)5-12(13)18/h1-2,5-7,20,22H,3-4H2,(H,21,23). The summed E-state index contributed by atoms with van der Waals surface area (Å²) in [7, 11) is 0. The Morgan fingerprint density at radius 1 is 1.08 bits per heavy atom. The number of carbonyl (C=O) groups is 1. The first kappa shape index (κ1) is 18.5. The lowest BCUT2D eigenvalue weighted by atomic mass is 10.1. The Bertz CT molecular complexity index is 759. The van der Waals surface area contributed by atoms with Gasteiger partial charge in [0, 0.05) is 9.64 Å². The summed E-state index contributed by atoms with van der Waals surface area (Å²) in [5, 5.41) is 11.1. The highest BCUT2D eigenvalue weighted by Gasteiger charge is 2.17. The van der Waals surface area contributed by atoms with Crippen molar-refractivity contribution in [1.82, 2.24) is 5.48 Å². The van der Waals surface area contributed by atoms with Crippen LogP contribution < -0.4 is 10.8 Å². The number of benzene rings is 2. The van der Waals surface area contributed by atoms with Gasteiger partial charge in [-0.2, -0.15) is 0 Å². The molecule has 5 nitrogen and oxygen atoms in total. The summed E-state index contributed by atoms with van der Waals surface area (Å²) in [6.07, 6.45) is 0. The van der Waals surface area contributed by atoms with Crippen LogP contribution in [-0.4, -0.2) is 24.2 Å². The van der Waals surface area contributed by atoms with Crippen LogP contribution in [0.4, 0.5) is 24.5 Å². The molecule has 0 fully saturated rings. The van der Waals surface area contributed by atoms with Crippen LogP contribution in [0.25, 0.3) is 0 Å². The van der Waals surface area contributed by atoms with Gasteiger partial charge in [0.2, 0.25) is 0 Å². The number of carbonyl (C=O) groups excluding carboxylic acids is 1. The molecule has 0 bridgehead atoms. The number of rotatable bonds is 6. The van der Waals surface area contributed by atoms with E-state index in [-0.39, 0.29) is 30.2 Å². The zero-order valence-electron chi connectivity index (χ0n) is 12.1. The van der Waals surface area contributed by atoms with E-state index < -0.39 is 23.4 Å². The number of aliphatic hydroxyl groups excluding tert-OH is 1. The summed E-state index contributed by atoms with van der Waals surface area (Å²) >= 11 is 1.92. The Hall–Kier alpha value is -1.85. The van der Waals surface area contributed by atoms with Crippen LogP contribution in [0, 0.1) is 21.0 Å². The molecule has 2 aromatic carbocycles. The SMILES string of the molecule is O=C(NOCCO)c1cc(F)c(F)cc1Nc1ccc(I)cc1F. The molecule has 0 aromatic heterocycles. The van der Waals surface area contributed by atoms with Crippen LogP contribution in [0.5, 0.6) is 0 Å². The second kappa shape index (κ2) is 8.31. The number of nitrogens with one attached hydrogen (secondary N) is 2. The van der Waals surface area contributed by atoms with Crippen LogP contribution in [0.15, 0.2) is 30.3 Å². The van der Waals surface area contributed by atoms with E-state index in [9.17, 15) is 18.0 Å². The molecule has 2 rings (SSSR count). The molecule has 0 aliphatic rings. The van der Waals surface area contributed by atoms with Gasteiger partial charge in [0.1, 0.15) is 5.82 Å². The first-order valence-corrected chi connectivity index (χ1v) is 7.74. The Balaban J connectivity index is 2.33. The summed E-state index contributed by atoms with van der Waals surface area (Å²) in [6.45, 7) is -0.513. The van der Waals surface area contributed by atoms with Crippen molar-refractivity contribution in [2.24, 2.45) is 0 Å². The zero-order valence-corrected chi connectivity index (χ0v) is 14.2. The van der Waals surface area contributed by atoms with Crippen molar-refractivity contribution >= 4 is 39.9 Å². The third kappa shape index (κ3) is 4.58. The molecular weight excluding hydrogens is 440 g/mol. The van der Waals surface area contributed by atoms with Crippen molar-refractivity contribution in [3.05, 3.63) is 56.9 Å². The third-order valence-corrected chi connectivity index (χ3v) is 3.53. The van der Waals surface area contributed by atoms with Crippen molar-refractivity contribution in [1.29, 1.82) is 0 Å². The van der Waals surface area contributed by atoms with Crippen molar-refractivity contribution in [2.45, 2.75) is 0 Å². The summed E-state index contributed by atoms with van der Waals surface area (Å²) < 4.78 is 41.5. The molecule has 0 aliphatic heterocycles. The third-order valence-electron chi connectivity index (χ3n) is 2.86. The molecule has 9 heteroatoms. The molecule has 0 saturated carbocycles. The van der Waals surface area contributed by atoms with Crippen LogP contribution in [-0.2, 0) is 4.84 Å². The van der Waals surface area contributed by atoms with Crippen molar-refractivity contribution < 1.29 is 27.9 Å². The number of anilines is 2. The molecule has 0 atom stereocenters. The molecule has 128 valence electrons. The largest absolute Gasteiger partial charge is 0.394 e. The fourth-order valence-electron chi connectivity index (χ4n) is 1.79. The number of hydrogen-bond acceptors (Lipinski definition) is 4. The fourth-order valence-corrected chi connectivity index (χ4v) is 2.24. The van der Waals surface area contributed by atoms with E-state index >= 15 is 0 Å². The predicted molar refractivity (Wildman–Crippen MR) is 89.3 cm³/mol. The Kier molecular flexibility index (Phi) is 6.40. The lowest BCUT2D eigenvalue weighted by Crippen LogP contribution is -2.26. The van der Waals surface area contributed by atoms with E-state index in [0.717, 1.165) is 6.07 Å². The monoisotopic (exact) mass is 452 g/mol. The highest BCUT2D eigenvalue weighted by molar-refractivity contribution is 14.1. The van der Waals surface area contributed by atoms with Gasteiger partial charge in [-0.1, -0.05) is 0 Å². The maximum atomic E-state index is 13.9. The van der Waals surface area contributed by atoms with Gasteiger partial charge in [-0.25, -0.2) is 18.7 Å². The van der Waals surface area contributed by atoms with Gasteiger partial charge >= 0.3 is 0 Å². The van der Waals surface area contributed by atoms with Crippen LogP contribution in [0.1, 0.15) is 10.4 Å². The lowest BCUT2D eigenvalue weighted by molar-refractivity contribution is 0.0168. The maximum absolute atomic E-state index is 13.9. The molecule has 24 heavy (non-hydrogen) atoms. The van der Waals surface area contributed by atoms with E-state index in [2.05, 4.69) is 10.2 Å². The minimum atomic E-state index is -1.24. The van der Waals surface area contributed by atoms with Gasteiger partial charge in [-0.3, -0.25) is 9.63 Å². The van der Waals surface area contributed by atoms with Gasteiger partial charge < -0.3 is 10.4 Å². The average Bonchev–Trinajstić information content (AvgIpc) is 2.53. The first-order valence-electron chi connectivity index (χ1n) is 6.66. The Morgan fingerprint density at radius 3 is 2.46 bits per heavy atom. The van der Waals surface area contributed by atoms with Crippen molar-refractivity contribution in [3.8, 4) is 0 Å². The van der Waals surface area contributed by atoms with E-state index in [1.54, 1.807) is 6.07 Å². The maximum Gasteiger partial charge on any atom is 0.277 e. The molecule has 0 spiro atoms. The minimum absolute atomic E-state index is 0.00764. The number of hydroxylamine groups is 1. The molecule has 0 saturated heterocycles. The van der Waals surface area contributed by atoms with Gasteiger partial charge in [-0.05, 0) is 46.9 Å². The lowest BCUT2D eigenvalue weighted by Gasteiger charge is -2.13. The minimum Gasteiger partial charge on any atom is -0.394 e. The molecule has 0 aliphatic carbocycles. The van der Waals surface area contributed by atoms with Crippen LogP contribution in [0.2, 0.25) is 0 Å². The highest BCUT2D eigenvalue weighted by atomic mass is 127. The van der Waals surface area contributed by atoms with Crippen LogP contribution >= 0.6 is 22.6 Å². The second-order valence-electron chi connectivity index (χ2n) is 4.56. The topological polar surface area (TPSA) is 70.6 Å². The second-order valence-corrected chi connectivity index (χ2v) is 5.81. The highest BCUT2D eigenvalue weighted by Crippen LogP contribution is 2.26. The van der Waals surface area contributed by atoms with Crippen molar-refractivity contribution in [2.75, 3.05) is 18.5 Å². The van der Waals surface area contributed by atoms with E-state index in [1.165, 1.54) is 12.1 Å². The first-order chi connectivity index (χ1) is 11.4. The molecule has 0 heterocycles. The predicted octanol–water partition coefficient (Wildman–Crippen LogP) is 3.11. The Morgan fingerprint density at radius 2 is 1.79 bits per heavy atom. The molecule has 3 N–H and O–H groups in total. The number of amides is 1. The normalized spacial score (nSPS) is 10.5. The summed E-state index contributed by atoms with van der Waals surface area (Å²) in [4.78, 5) is 16.6. The smallest absolute Gasteiger partial charge is 0.277 e. The Labute approximate surface area is 148 Å². The zero-order chi connectivity index (χ0) is 17.7. The molecular formula is C15H12F3IN2O3. The van der Waals surface area contributed by atoms with Gasteiger partial charge in [0.15, 0.2) is 11.6 Å².